The van der Waals surface area contributed by atoms with Crippen LogP contribution in [0.25, 0.3) is 0 Å². The van der Waals surface area contributed by atoms with Gasteiger partial charge in [0.1, 0.15) is 0 Å². The molecule has 2 nitrogen and oxygen atoms in total. The minimum Gasteiger partial charge on any atom is -0.346 e. The minimum atomic E-state index is 0.729. The Morgan fingerprint density at radius 2 is 2.21 bits per heavy atom. The normalized spacial score (nSPS) is 44.1. The molecule has 14 heavy (non-hydrogen) atoms. The van der Waals surface area contributed by atoms with Crippen molar-refractivity contribution in [1.82, 2.24) is 4.90 Å². The van der Waals surface area contributed by atoms with E-state index in [9.17, 15) is 0 Å². The lowest BCUT2D eigenvalue weighted by molar-refractivity contribution is -0.675. The van der Waals surface area contributed by atoms with E-state index in [0.717, 1.165) is 11.5 Å². The van der Waals surface area contributed by atoms with E-state index in [4.69, 9.17) is 0 Å². The third kappa shape index (κ3) is 1.49. The van der Waals surface area contributed by atoms with Gasteiger partial charge in [0.05, 0.1) is 13.1 Å². The van der Waals surface area contributed by atoms with Crippen molar-refractivity contribution in [2.45, 2.75) is 44.6 Å². The summed E-state index contributed by atoms with van der Waals surface area (Å²) in [5.74, 6) is 0. The summed E-state index contributed by atoms with van der Waals surface area (Å²) in [5.41, 5.74) is 0.729. The zero-order chi connectivity index (χ0) is 9.43. The summed E-state index contributed by atoms with van der Waals surface area (Å²) < 4.78 is 0. The van der Waals surface area contributed by atoms with Gasteiger partial charge in [0.2, 0.25) is 0 Å². The summed E-state index contributed by atoms with van der Waals surface area (Å²) in [6.45, 7) is 5.62. The zero-order valence-corrected chi connectivity index (χ0v) is 9.17. The average Bonchev–Trinajstić information content (AvgIpc) is 2.56. The van der Waals surface area contributed by atoms with E-state index >= 15 is 0 Å². The molecule has 2 N–H and O–H groups in total. The van der Waals surface area contributed by atoms with E-state index in [2.05, 4.69) is 10.2 Å². The van der Waals surface area contributed by atoms with E-state index in [-0.39, 0.29) is 0 Å². The summed E-state index contributed by atoms with van der Waals surface area (Å²) in [4.78, 5) is 2.79. The Morgan fingerprint density at radius 3 is 3.00 bits per heavy atom. The van der Waals surface area contributed by atoms with Gasteiger partial charge in [-0.15, -0.1) is 0 Å². The number of nitrogens with zero attached hydrogens (tertiary/aromatic N) is 1. The number of hydrogen-bond donors (Lipinski definition) is 1. The van der Waals surface area contributed by atoms with Gasteiger partial charge in [-0.1, -0.05) is 6.42 Å². The highest BCUT2D eigenvalue weighted by atomic mass is 15.2. The Kier molecular flexibility index (Phi) is 2.29. The zero-order valence-electron chi connectivity index (χ0n) is 9.17. The Hall–Kier alpha value is -0.0800. The number of piperidine rings is 2. The molecule has 3 aliphatic rings. The lowest BCUT2D eigenvalue weighted by Gasteiger charge is -2.31. The molecule has 3 rings (SSSR count). The predicted molar refractivity (Wildman–Crippen MR) is 57.2 cm³/mol. The second-order valence-corrected chi connectivity index (χ2v) is 5.71. The summed E-state index contributed by atoms with van der Waals surface area (Å²) in [6.07, 6.45) is 8.92. The van der Waals surface area contributed by atoms with E-state index in [1.807, 2.05) is 0 Å². The SMILES string of the molecule is C1CCN2CC3(CCC[NH2+]C3)CC2C1. The Morgan fingerprint density at radius 1 is 1.21 bits per heavy atom. The van der Waals surface area contributed by atoms with Gasteiger partial charge in [0, 0.05) is 18.0 Å². The van der Waals surface area contributed by atoms with Crippen molar-refractivity contribution in [3.63, 3.8) is 0 Å². The molecular weight excluding hydrogens is 172 g/mol. The third-order valence-corrected chi connectivity index (χ3v) is 4.65. The smallest absolute Gasteiger partial charge is 0.0825 e. The van der Waals surface area contributed by atoms with Crippen LogP contribution in [-0.4, -0.2) is 37.1 Å². The first-order valence-corrected chi connectivity index (χ1v) is 6.44. The van der Waals surface area contributed by atoms with Crippen LogP contribution >= 0.6 is 0 Å². The first-order chi connectivity index (χ1) is 6.88. The van der Waals surface area contributed by atoms with Gasteiger partial charge in [0.15, 0.2) is 0 Å². The molecule has 3 heterocycles. The van der Waals surface area contributed by atoms with Crippen LogP contribution in [-0.2, 0) is 0 Å². The van der Waals surface area contributed by atoms with Gasteiger partial charge < -0.3 is 5.32 Å². The topological polar surface area (TPSA) is 19.9 Å². The lowest BCUT2D eigenvalue weighted by Crippen LogP contribution is -2.89. The highest BCUT2D eigenvalue weighted by Gasteiger charge is 2.46. The highest BCUT2D eigenvalue weighted by molar-refractivity contribution is 4.97. The van der Waals surface area contributed by atoms with Crippen LogP contribution in [0.1, 0.15) is 38.5 Å². The standard InChI is InChI=1S/C12H22N2/c1-2-7-14-10-12(8-11(14)4-1)5-3-6-13-9-12/h11,13H,1-10H2/p+1. The molecule has 0 aliphatic carbocycles. The molecule has 0 radical (unpaired) electrons. The number of nitrogens with two attached hydrogens (primary N) is 1. The van der Waals surface area contributed by atoms with Crippen molar-refractivity contribution in [3.05, 3.63) is 0 Å². The molecule has 0 saturated carbocycles. The number of rotatable bonds is 0. The van der Waals surface area contributed by atoms with Crippen LogP contribution in [0.5, 0.6) is 0 Å². The molecule has 1 spiro atoms. The minimum absolute atomic E-state index is 0.729. The van der Waals surface area contributed by atoms with Crippen molar-refractivity contribution in [2.75, 3.05) is 26.2 Å². The summed E-state index contributed by atoms with van der Waals surface area (Å²) in [7, 11) is 0. The highest BCUT2D eigenvalue weighted by Crippen LogP contribution is 2.41. The average molecular weight is 195 g/mol. The first-order valence-electron chi connectivity index (χ1n) is 6.44. The lowest BCUT2D eigenvalue weighted by atomic mass is 9.78. The maximum atomic E-state index is 2.79. The maximum absolute atomic E-state index is 2.79. The van der Waals surface area contributed by atoms with Gasteiger partial charge in [-0.25, -0.2) is 0 Å². The Bertz CT molecular complexity index is 192. The van der Waals surface area contributed by atoms with Crippen molar-refractivity contribution in [1.29, 1.82) is 0 Å². The summed E-state index contributed by atoms with van der Waals surface area (Å²) >= 11 is 0. The maximum Gasteiger partial charge on any atom is 0.0825 e. The number of hydrogen-bond acceptors (Lipinski definition) is 1. The van der Waals surface area contributed by atoms with Crippen molar-refractivity contribution < 1.29 is 5.32 Å². The molecule has 0 aromatic heterocycles. The molecular formula is C12H23N2+. The largest absolute Gasteiger partial charge is 0.346 e. The van der Waals surface area contributed by atoms with E-state index < -0.39 is 0 Å². The van der Waals surface area contributed by atoms with Crippen LogP contribution in [0.2, 0.25) is 0 Å². The van der Waals surface area contributed by atoms with Crippen LogP contribution in [0, 0.1) is 5.41 Å². The van der Waals surface area contributed by atoms with Crippen LogP contribution in [0.15, 0.2) is 0 Å². The molecule has 3 fully saturated rings. The van der Waals surface area contributed by atoms with E-state index in [1.54, 1.807) is 0 Å². The van der Waals surface area contributed by atoms with Crippen molar-refractivity contribution in [2.24, 2.45) is 5.41 Å². The molecule has 2 unspecified atom stereocenters. The van der Waals surface area contributed by atoms with Gasteiger partial charge >= 0.3 is 0 Å². The Labute approximate surface area is 87.0 Å². The molecule has 0 bridgehead atoms. The second-order valence-electron chi connectivity index (χ2n) is 5.71. The fourth-order valence-corrected chi connectivity index (χ4v) is 3.96. The summed E-state index contributed by atoms with van der Waals surface area (Å²) in [5, 5.41) is 2.56. The van der Waals surface area contributed by atoms with Crippen LogP contribution in [0.3, 0.4) is 0 Å². The van der Waals surface area contributed by atoms with E-state index in [0.29, 0.717) is 0 Å². The fourth-order valence-electron chi connectivity index (χ4n) is 3.96. The molecule has 2 heteroatoms. The quantitative estimate of drug-likeness (QED) is 0.599. The number of quaternary nitrogens is 1. The van der Waals surface area contributed by atoms with Crippen molar-refractivity contribution in [3.8, 4) is 0 Å². The molecule has 3 saturated heterocycles. The summed E-state index contributed by atoms with van der Waals surface area (Å²) in [6, 6.07) is 0.968. The molecule has 0 aromatic rings. The third-order valence-electron chi connectivity index (χ3n) is 4.65. The van der Waals surface area contributed by atoms with Crippen LogP contribution in [0.4, 0.5) is 0 Å². The van der Waals surface area contributed by atoms with E-state index in [1.165, 1.54) is 64.7 Å². The monoisotopic (exact) mass is 195 g/mol. The van der Waals surface area contributed by atoms with Gasteiger partial charge in [-0.05, 0) is 38.6 Å². The van der Waals surface area contributed by atoms with Gasteiger partial charge in [-0.3, -0.25) is 4.90 Å². The predicted octanol–water partition coefficient (Wildman–Crippen LogP) is 0.588. The van der Waals surface area contributed by atoms with Crippen LogP contribution < -0.4 is 5.32 Å². The molecule has 3 aliphatic heterocycles. The van der Waals surface area contributed by atoms with Gasteiger partial charge in [0.25, 0.3) is 0 Å². The molecule has 0 amide bonds. The Balaban J connectivity index is 1.71. The van der Waals surface area contributed by atoms with Crippen molar-refractivity contribution >= 4 is 0 Å². The fraction of sp³-hybridized carbons (Fsp3) is 1.00. The van der Waals surface area contributed by atoms with Gasteiger partial charge in [-0.2, -0.15) is 0 Å². The molecule has 2 atom stereocenters. The molecule has 80 valence electrons. The second kappa shape index (κ2) is 3.49. The first kappa shape index (κ1) is 9.17. The molecule has 0 aromatic carbocycles. The number of fused-ring (bicyclic) bond motifs is 1.